The monoisotopic (exact) mass is 296 g/mol. The lowest BCUT2D eigenvalue weighted by Gasteiger charge is -2.49. The Labute approximate surface area is 127 Å². The topological polar surface area (TPSA) is 38.5 Å². The number of ether oxygens (including phenoxy) is 1. The lowest BCUT2D eigenvalue weighted by molar-refractivity contribution is -0.187. The average Bonchev–Trinajstić information content (AvgIpc) is 2.74. The molecule has 2 rings (SSSR count). The second-order valence-electron chi connectivity index (χ2n) is 6.94. The first kappa shape index (κ1) is 16.0. The van der Waals surface area contributed by atoms with E-state index in [9.17, 15) is 0 Å². The van der Waals surface area contributed by atoms with Crippen LogP contribution in [-0.2, 0) is 11.2 Å². The average molecular weight is 296 g/mol. The van der Waals surface area contributed by atoms with E-state index in [-0.39, 0.29) is 11.2 Å². The van der Waals surface area contributed by atoms with E-state index in [0.717, 1.165) is 19.5 Å². The van der Waals surface area contributed by atoms with Gasteiger partial charge in [0.05, 0.1) is 17.2 Å². The molecule has 1 fully saturated rings. The Kier molecular flexibility index (Phi) is 4.59. The minimum Gasteiger partial charge on any atom is -0.367 e. The van der Waals surface area contributed by atoms with Crippen molar-refractivity contribution in [3.63, 3.8) is 0 Å². The van der Waals surface area contributed by atoms with Crippen molar-refractivity contribution in [1.82, 2.24) is 4.90 Å². The second kappa shape index (κ2) is 5.76. The Morgan fingerprint density at radius 1 is 1.25 bits per heavy atom. The molecule has 0 aromatic carbocycles. The standard InChI is InChI=1S/C16H28N2OS/c1-6-12-7-8-14(20-12)13(9-17)18-10-15(2,3)19-16(4,5)11-18/h7-8,13H,6,9-11,17H2,1-5H3. The highest BCUT2D eigenvalue weighted by Crippen LogP contribution is 2.35. The van der Waals surface area contributed by atoms with Gasteiger partial charge < -0.3 is 10.5 Å². The van der Waals surface area contributed by atoms with Gasteiger partial charge in [0.25, 0.3) is 0 Å². The Bertz CT molecular complexity index is 437. The van der Waals surface area contributed by atoms with Crippen LogP contribution in [0, 0.1) is 0 Å². The van der Waals surface area contributed by atoms with Crippen LogP contribution >= 0.6 is 11.3 Å². The Balaban J connectivity index is 2.22. The largest absolute Gasteiger partial charge is 0.367 e. The summed E-state index contributed by atoms with van der Waals surface area (Å²) in [6.07, 6.45) is 1.10. The molecule has 2 N–H and O–H groups in total. The van der Waals surface area contributed by atoms with Crippen molar-refractivity contribution in [3.05, 3.63) is 21.9 Å². The Morgan fingerprint density at radius 3 is 2.30 bits per heavy atom. The predicted molar refractivity (Wildman–Crippen MR) is 86.3 cm³/mol. The van der Waals surface area contributed by atoms with Crippen molar-refractivity contribution >= 4 is 11.3 Å². The molecule has 2 heterocycles. The molecule has 3 nitrogen and oxygen atoms in total. The fourth-order valence-corrected chi connectivity index (χ4v) is 4.38. The minimum atomic E-state index is -0.125. The summed E-state index contributed by atoms with van der Waals surface area (Å²) in [6.45, 7) is 13.4. The highest BCUT2D eigenvalue weighted by Gasteiger charge is 2.40. The van der Waals surface area contributed by atoms with E-state index >= 15 is 0 Å². The normalized spacial score (nSPS) is 23.7. The number of hydrogen-bond acceptors (Lipinski definition) is 4. The van der Waals surface area contributed by atoms with Crippen LogP contribution in [0.1, 0.15) is 50.4 Å². The molecule has 0 bridgehead atoms. The third kappa shape index (κ3) is 3.61. The van der Waals surface area contributed by atoms with E-state index < -0.39 is 0 Å². The van der Waals surface area contributed by atoms with Crippen LogP contribution < -0.4 is 5.73 Å². The highest BCUT2D eigenvalue weighted by molar-refractivity contribution is 7.12. The number of nitrogens with zero attached hydrogens (tertiary/aromatic N) is 1. The molecule has 0 saturated carbocycles. The zero-order valence-electron chi connectivity index (χ0n) is 13.4. The summed E-state index contributed by atoms with van der Waals surface area (Å²) in [4.78, 5) is 5.32. The molecule has 1 atom stereocenters. The van der Waals surface area contributed by atoms with Gasteiger partial charge in [-0.25, -0.2) is 0 Å². The summed E-state index contributed by atoms with van der Waals surface area (Å²) in [7, 11) is 0. The molecule has 1 aromatic heterocycles. The number of morpholine rings is 1. The van der Waals surface area contributed by atoms with E-state index in [1.807, 2.05) is 11.3 Å². The summed E-state index contributed by atoms with van der Waals surface area (Å²) in [6, 6.07) is 4.79. The molecule has 0 amide bonds. The van der Waals surface area contributed by atoms with Crippen LogP contribution in [0.15, 0.2) is 12.1 Å². The van der Waals surface area contributed by atoms with Crippen LogP contribution in [-0.4, -0.2) is 35.7 Å². The van der Waals surface area contributed by atoms with Gasteiger partial charge in [0, 0.05) is 29.4 Å². The van der Waals surface area contributed by atoms with Gasteiger partial charge in [-0.1, -0.05) is 6.92 Å². The number of thiophene rings is 1. The third-order valence-electron chi connectivity index (χ3n) is 3.74. The summed E-state index contributed by atoms with van der Waals surface area (Å²) in [5.41, 5.74) is 5.84. The van der Waals surface area contributed by atoms with E-state index in [0.29, 0.717) is 12.6 Å². The summed E-state index contributed by atoms with van der Waals surface area (Å²) in [5.74, 6) is 0. The SMILES string of the molecule is CCc1ccc(C(CN)N2CC(C)(C)OC(C)(C)C2)s1. The van der Waals surface area contributed by atoms with E-state index in [1.54, 1.807) is 0 Å². The first-order valence-corrected chi connectivity index (χ1v) is 8.31. The Morgan fingerprint density at radius 2 is 1.85 bits per heavy atom. The van der Waals surface area contributed by atoms with Gasteiger partial charge in [-0.3, -0.25) is 4.90 Å². The maximum absolute atomic E-state index is 6.17. The first-order chi connectivity index (χ1) is 9.26. The minimum absolute atomic E-state index is 0.125. The quantitative estimate of drug-likeness (QED) is 0.927. The molecule has 1 saturated heterocycles. The number of nitrogens with two attached hydrogens (primary N) is 1. The lowest BCUT2D eigenvalue weighted by atomic mass is 9.97. The van der Waals surface area contributed by atoms with E-state index in [1.165, 1.54) is 9.75 Å². The molecule has 1 aliphatic heterocycles. The smallest absolute Gasteiger partial charge is 0.0761 e. The predicted octanol–water partition coefficient (Wildman–Crippen LogP) is 3.20. The first-order valence-electron chi connectivity index (χ1n) is 7.49. The van der Waals surface area contributed by atoms with Crippen LogP contribution in [0.5, 0.6) is 0 Å². The molecule has 1 aliphatic rings. The van der Waals surface area contributed by atoms with Crippen LogP contribution in [0.2, 0.25) is 0 Å². The molecule has 1 aromatic rings. The van der Waals surface area contributed by atoms with Crippen molar-refractivity contribution in [2.24, 2.45) is 5.73 Å². The maximum Gasteiger partial charge on any atom is 0.0761 e. The highest BCUT2D eigenvalue weighted by atomic mass is 32.1. The van der Waals surface area contributed by atoms with Gasteiger partial charge in [0.15, 0.2) is 0 Å². The summed E-state index contributed by atoms with van der Waals surface area (Å²) in [5, 5.41) is 0. The summed E-state index contributed by atoms with van der Waals surface area (Å²) >= 11 is 1.90. The molecule has 0 radical (unpaired) electrons. The second-order valence-corrected chi connectivity index (χ2v) is 8.14. The van der Waals surface area contributed by atoms with E-state index in [4.69, 9.17) is 10.5 Å². The number of hydrogen-bond donors (Lipinski definition) is 1. The van der Waals surface area contributed by atoms with Crippen molar-refractivity contribution in [3.8, 4) is 0 Å². The van der Waals surface area contributed by atoms with Gasteiger partial charge >= 0.3 is 0 Å². The zero-order valence-corrected chi connectivity index (χ0v) is 14.2. The molecule has 114 valence electrons. The van der Waals surface area contributed by atoms with Gasteiger partial charge in [-0.15, -0.1) is 11.3 Å². The van der Waals surface area contributed by atoms with Gasteiger partial charge in [0.2, 0.25) is 0 Å². The molecular weight excluding hydrogens is 268 g/mol. The molecule has 4 heteroatoms. The van der Waals surface area contributed by atoms with Crippen LogP contribution in [0.4, 0.5) is 0 Å². The van der Waals surface area contributed by atoms with Gasteiger partial charge in [-0.05, 0) is 46.2 Å². The van der Waals surface area contributed by atoms with E-state index in [2.05, 4.69) is 51.7 Å². The molecule has 20 heavy (non-hydrogen) atoms. The maximum atomic E-state index is 6.17. The van der Waals surface area contributed by atoms with Crippen LogP contribution in [0.3, 0.4) is 0 Å². The Hall–Kier alpha value is -0.420. The van der Waals surface area contributed by atoms with Crippen molar-refractivity contribution in [2.45, 2.75) is 58.3 Å². The third-order valence-corrected chi connectivity index (χ3v) is 5.07. The van der Waals surface area contributed by atoms with Crippen LogP contribution in [0.25, 0.3) is 0 Å². The van der Waals surface area contributed by atoms with Crippen molar-refractivity contribution in [1.29, 1.82) is 0 Å². The van der Waals surface area contributed by atoms with Crippen molar-refractivity contribution in [2.75, 3.05) is 19.6 Å². The number of aryl methyl sites for hydroxylation is 1. The zero-order chi connectivity index (χ0) is 15.0. The number of rotatable bonds is 4. The van der Waals surface area contributed by atoms with Gasteiger partial charge in [-0.2, -0.15) is 0 Å². The van der Waals surface area contributed by atoms with Gasteiger partial charge in [0.1, 0.15) is 0 Å². The molecule has 0 aliphatic carbocycles. The fraction of sp³-hybridized carbons (Fsp3) is 0.750. The fourth-order valence-electron chi connectivity index (χ4n) is 3.28. The lowest BCUT2D eigenvalue weighted by Crippen LogP contribution is -2.58. The summed E-state index contributed by atoms with van der Waals surface area (Å²) < 4.78 is 6.17. The molecule has 0 spiro atoms. The van der Waals surface area contributed by atoms with Crippen molar-refractivity contribution < 1.29 is 4.74 Å². The molecular formula is C16H28N2OS. The molecule has 1 unspecified atom stereocenters.